The van der Waals surface area contributed by atoms with E-state index in [-0.39, 0.29) is 63.5 Å². The number of imide groups is 2. The predicted molar refractivity (Wildman–Crippen MR) is 368 cm³/mol. The number of aliphatic hydroxyl groups is 3. The van der Waals surface area contributed by atoms with Gasteiger partial charge in [-0.2, -0.15) is 0 Å². The molecule has 9 N–H and O–H groups in total. The third kappa shape index (κ3) is 28.5. The Morgan fingerprint density at radius 2 is 0.737 bits per heavy atom. The quantitative estimate of drug-likeness (QED) is 0.0140. The fraction of sp³-hybridized carbons (Fsp3) is 0.247. The van der Waals surface area contributed by atoms with E-state index in [4.69, 9.17) is 51.6 Å². The number of aryl methyl sites for hydroxylation is 2. The summed E-state index contributed by atoms with van der Waals surface area (Å²) < 4.78 is 20.7. The van der Waals surface area contributed by atoms with E-state index in [9.17, 15) is 43.5 Å². The molecule has 6 atom stereocenters. The number of aliphatic carboxylic acids is 3. The summed E-state index contributed by atoms with van der Waals surface area (Å²) >= 11 is 0. The maximum absolute atomic E-state index is 12.8. The zero-order valence-electron chi connectivity index (χ0n) is 55.3. The number of rotatable bonds is 21. The van der Waals surface area contributed by atoms with Gasteiger partial charge in [-0.1, -0.05) is 243 Å². The fourth-order valence-corrected chi connectivity index (χ4v) is 9.95. The van der Waals surface area contributed by atoms with E-state index in [1.54, 1.807) is 0 Å². The number of cyclic esters (lactones) is 3. The van der Waals surface area contributed by atoms with Gasteiger partial charge in [0.05, 0.1) is 43.6 Å². The van der Waals surface area contributed by atoms with Crippen LogP contribution in [0.15, 0.2) is 243 Å². The van der Waals surface area contributed by atoms with Crippen LogP contribution in [-0.2, 0) is 70.3 Å². The van der Waals surface area contributed by atoms with E-state index < -0.39 is 59.8 Å². The number of alkyl carbamates (subject to hydrolysis) is 1. The highest BCUT2D eigenvalue weighted by Gasteiger charge is 2.42. The molecule has 11 rings (SSSR count). The Hall–Kier alpha value is -11.3. The zero-order valence-corrected chi connectivity index (χ0v) is 54.3. The Labute approximate surface area is 576 Å². The van der Waals surface area contributed by atoms with E-state index in [1.807, 2.05) is 243 Å². The fourth-order valence-electron chi connectivity index (χ4n) is 9.95. The molecule has 3 saturated heterocycles. The summed E-state index contributed by atoms with van der Waals surface area (Å²) in [6, 6.07) is 75.2. The molecule has 8 aromatic carbocycles. The average molecular weight is 1360 g/mol. The molecule has 3 aliphatic rings. The van der Waals surface area contributed by atoms with Crippen LogP contribution in [0.4, 0.5) is 14.4 Å². The third-order valence-corrected chi connectivity index (χ3v) is 15.1. The molecule has 0 spiro atoms. The predicted octanol–water partition coefficient (Wildman–Crippen LogP) is 11.2. The van der Waals surface area contributed by atoms with Crippen LogP contribution < -0.4 is 5.32 Å². The second-order valence-corrected chi connectivity index (χ2v) is 21.9. The van der Waals surface area contributed by atoms with Crippen molar-refractivity contribution in [1.82, 2.24) is 15.1 Å². The third-order valence-electron chi connectivity index (χ3n) is 15.1. The van der Waals surface area contributed by atoms with Crippen LogP contribution in [0.3, 0.4) is 0 Å². The number of carbonyl (C=O) groups is 8. The van der Waals surface area contributed by atoms with Crippen molar-refractivity contribution in [2.75, 3.05) is 39.6 Å². The van der Waals surface area contributed by atoms with Gasteiger partial charge >= 0.3 is 36.2 Å². The Morgan fingerprint density at radius 3 is 1.06 bits per heavy atom. The maximum Gasteiger partial charge on any atom is 0.417 e. The molecule has 3 fully saturated rings. The number of nitrogens with zero attached hydrogens (tertiary/aromatic N) is 2. The van der Waals surface area contributed by atoms with Gasteiger partial charge in [-0.15, -0.1) is 12.8 Å². The van der Waals surface area contributed by atoms with E-state index in [2.05, 4.69) is 11.7 Å². The largest absolute Gasteiger partial charge is 0.481 e. The number of carbonyl (C=O) groups excluding carboxylic acids is 5. The lowest BCUT2D eigenvalue weighted by atomic mass is 9.97. The lowest BCUT2D eigenvalue weighted by molar-refractivity contribution is -0.176. The van der Waals surface area contributed by atoms with E-state index in [0.717, 1.165) is 49.4 Å². The molecule has 0 bridgehead atoms. The monoisotopic (exact) mass is 1350 g/mol. The molecular formula is C77H83N3O19. The summed E-state index contributed by atoms with van der Waals surface area (Å²) in [6.07, 6.45) is 7.12. The second kappa shape index (κ2) is 45.9. The number of hydrogen-bond acceptors (Lipinski definition) is 16. The molecule has 0 radical (unpaired) electrons. The number of benzene rings is 8. The minimum absolute atomic E-state index is 0.0266. The van der Waals surface area contributed by atoms with Crippen LogP contribution in [0.2, 0.25) is 0 Å². The summed E-state index contributed by atoms with van der Waals surface area (Å²) in [6.45, 7) is -0.158. The van der Waals surface area contributed by atoms with Gasteiger partial charge in [0.1, 0.15) is 33.3 Å². The van der Waals surface area contributed by atoms with Gasteiger partial charge in [-0.05, 0) is 76.6 Å². The Bertz CT molecular complexity index is 3660. The minimum Gasteiger partial charge on any atom is -0.481 e. The average Bonchev–Trinajstić information content (AvgIpc) is 1.65. The first kappa shape index (κ1) is 78.4. The summed E-state index contributed by atoms with van der Waals surface area (Å²) in [4.78, 5) is 93.6. The van der Waals surface area contributed by atoms with Crippen LogP contribution in [0.1, 0.15) is 76.8 Å². The van der Waals surface area contributed by atoms with Crippen molar-refractivity contribution in [2.45, 2.75) is 63.1 Å². The summed E-state index contributed by atoms with van der Waals surface area (Å²) in [5.41, 5.74) is 7.81. The minimum atomic E-state index is -0.952. The molecule has 22 heteroatoms. The molecule has 0 saturated carbocycles. The van der Waals surface area contributed by atoms with Crippen molar-refractivity contribution in [2.24, 2.45) is 17.8 Å². The molecule has 520 valence electrons. The lowest BCUT2D eigenvalue weighted by Crippen LogP contribution is -2.40. The molecule has 99 heavy (non-hydrogen) atoms. The number of amides is 5. The van der Waals surface area contributed by atoms with E-state index in [1.165, 1.54) is 11.3 Å². The van der Waals surface area contributed by atoms with Crippen LogP contribution in [0, 0.1) is 30.6 Å². The first-order valence-corrected chi connectivity index (χ1v) is 31.3. The first-order valence-electron chi connectivity index (χ1n) is 31.8. The normalized spacial score (nSPS) is 15.4. The van der Waals surface area contributed by atoms with Crippen LogP contribution in [-0.4, -0.2) is 139 Å². The van der Waals surface area contributed by atoms with Crippen molar-refractivity contribution < 1.29 is 95.1 Å². The van der Waals surface area contributed by atoms with Crippen molar-refractivity contribution >= 4 is 48.0 Å². The number of carboxylic acids is 3. The number of terminal acetylenes is 1. The summed E-state index contributed by atoms with van der Waals surface area (Å²) in [7, 11) is 0. The van der Waals surface area contributed by atoms with Gasteiger partial charge in [0.25, 0.3) is 0 Å². The van der Waals surface area contributed by atoms with Crippen LogP contribution >= 0.6 is 0 Å². The molecular weight excluding hydrogens is 1270 g/mol. The Balaban J connectivity index is 0.000000258. The maximum atomic E-state index is 12.8. The van der Waals surface area contributed by atoms with Crippen molar-refractivity contribution in [3.05, 3.63) is 287 Å². The SMILES string of the molecule is O=C(CCc1ccccc1)N1C(=O)OC[C@H]1c1ccccc1.O=C(O)CCc1ccccc1.O=C(O)[C@H](CO)Cc1ccccc1.O=C(O)[C@H](CO)Cc1ccccc1.O=C1N[C@H](c2ccccc2)CO1.O=C1OC[C@@H](c2ccccc2)N1C(=O)[C@H](CO)Cc1ccccc1.OO.[2H]C#C. The molecule has 22 nitrogen and oxygen atoms in total. The zero-order chi connectivity index (χ0) is 72.9. The van der Waals surface area contributed by atoms with Gasteiger partial charge in [0.2, 0.25) is 11.8 Å². The molecule has 3 aliphatic heterocycles. The summed E-state index contributed by atoms with van der Waals surface area (Å²) in [5.74, 6) is -5.31. The smallest absolute Gasteiger partial charge is 0.417 e. The van der Waals surface area contributed by atoms with Gasteiger partial charge in [0.15, 0.2) is 0 Å². The lowest BCUT2D eigenvalue weighted by Gasteiger charge is -2.24. The highest BCUT2D eigenvalue weighted by molar-refractivity contribution is 5.95. The van der Waals surface area contributed by atoms with E-state index in [0.29, 0.717) is 45.1 Å². The second-order valence-electron chi connectivity index (χ2n) is 21.9. The van der Waals surface area contributed by atoms with Crippen molar-refractivity contribution in [1.29, 1.82) is 0 Å². The van der Waals surface area contributed by atoms with Gasteiger partial charge < -0.3 is 50.2 Å². The van der Waals surface area contributed by atoms with Gasteiger partial charge in [0, 0.05) is 12.8 Å². The molecule has 8 aromatic rings. The number of nitrogens with one attached hydrogen (secondary N) is 1. The summed E-state index contributed by atoms with van der Waals surface area (Å²) in [5, 5.41) is 67.6. The van der Waals surface area contributed by atoms with Crippen molar-refractivity contribution in [3.63, 3.8) is 0 Å². The molecule has 5 amide bonds. The number of carboxylic acid groups (broad SMARTS) is 3. The molecule has 0 aromatic heterocycles. The number of hydrogen-bond donors (Lipinski definition) is 9. The number of aliphatic hydroxyl groups excluding tert-OH is 3. The van der Waals surface area contributed by atoms with Crippen LogP contribution in [0.5, 0.6) is 0 Å². The van der Waals surface area contributed by atoms with E-state index >= 15 is 0 Å². The van der Waals surface area contributed by atoms with Gasteiger partial charge in [-0.3, -0.25) is 34.5 Å². The van der Waals surface area contributed by atoms with Gasteiger partial charge in [-0.25, -0.2) is 24.2 Å². The highest BCUT2D eigenvalue weighted by atomic mass is 17.0. The topological polar surface area (TPSA) is 345 Å². The standard InChI is InChI=1S/C19H19NO4.C18H17NO3.2C10H12O3.C9H9NO2.C9H10O2.C2H2.H2O2/c21-12-16(11-14-7-3-1-4-8-14)18(22)20-17(13-24-19(20)23)15-9-5-2-6-10-15;20-17(12-11-14-7-3-1-4-8-14)19-16(13-22-18(19)21)15-9-5-2-6-10-15;2*11-7-9(10(12)13)6-8-4-2-1-3-5-8;11-9-10-8(6-12-9)7-4-2-1-3-5-7;10-9(11)7-6-8-4-2-1-3-5-8;2*1-2/h1-10,16-17,21H,11-13H2;1-10,16H,11-13H2;2*1-5,9,11H,6-7H2,(H,12,13);1-5,8H,6H2,(H,10,11);1-5H,6-7H2,(H,10,11);2*1-2H/t16-,17-;16-;2*9-;8-;;;/m00000.../s1/i;;;;;;1D;. The molecule has 0 aliphatic carbocycles. The first-order chi connectivity index (χ1) is 48.5. The Kier molecular flexibility index (Phi) is 36.4. The molecule has 3 heterocycles. The highest BCUT2D eigenvalue weighted by Crippen LogP contribution is 2.31. The Morgan fingerprint density at radius 1 is 0.434 bits per heavy atom. The molecule has 0 unspecified atom stereocenters. The van der Waals surface area contributed by atoms with Crippen LogP contribution in [0.25, 0.3) is 0 Å². The van der Waals surface area contributed by atoms with Crippen molar-refractivity contribution in [3.8, 4) is 12.8 Å². The number of ether oxygens (including phenoxy) is 3.